The number of imidazole rings is 1. The van der Waals surface area contributed by atoms with Gasteiger partial charge < -0.3 is 25.4 Å². The minimum absolute atomic E-state index is 0.0939. The Morgan fingerprint density at radius 2 is 2.17 bits per heavy atom. The van der Waals surface area contributed by atoms with Gasteiger partial charge in [0, 0.05) is 0 Å². The zero-order valence-electron chi connectivity index (χ0n) is 11.8. The zero-order valence-corrected chi connectivity index (χ0v) is 12.7. The van der Waals surface area contributed by atoms with Gasteiger partial charge in [-0.1, -0.05) is 0 Å². The van der Waals surface area contributed by atoms with E-state index in [9.17, 15) is 14.2 Å². The van der Waals surface area contributed by atoms with E-state index in [0.717, 1.165) is 0 Å². The molecule has 0 bridgehead atoms. The number of aliphatic hydroxyl groups excluding tert-OH is 1. The van der Waals surface area contributed by atoms with E-state index >= 15 is 0 Å². The van der Waals surface area contributed by atoms with Crippen molar-refractivity contribution in [3.05, 3.63) is 12.7 Å². The Hall–Kier alpha value is -1.73. The monoisotopic (exact) mass is 365 g/mol. The Balaban J connectivity index is 1.89. The molecule has 0 spiro atoms. The van der Waals surface area contributed by atoms with Gasteiger partial charge in [0.25, 0.3) is 0 Å². The van der Waals surface area contributed by atoms with Crippen molar-refractivity contribution in [2.45, 2.75) is 24.5 Å². The summed E-state index contributed by atoms with van der Waals surface area (Å²) in [4.78, 5) is 32.9. The van der Waals surface area contributed by atoms with Gasteiger partial charge in [-0.2, -0.15) is 4.94 Å². The fraction of sp³-hybridized carbons (Fsp3) is 0.500. The molecule has 1 aliphatic rings. The number of phosphoric ester groups is 1. The molecule has 3 rings (SSSR count). The third kappa shape index (κ3) is 3.10. The fourth-order valence-corrected chi connectivity index (χ4v) is 2.74. The van der Waals surface area contributed by atoms with E-state index in [1.54, 1.807) is 0 Å². The molecule has 2 aromatic rings. The number of hydrogen-bond donors (Lipinski definition) is 4. The van der Waals surface area contributed by atoms with Crippen molar-refractivity contribution in [2.24, 2.45) is 0 Å². The predicted octanol–water partition coefficient (Wildman–Crippen LogP) is -0.954. The summed E-state index contributed by atoms with van der Waals surface area (Å²) in [6.07, 6.45) is -3.10. The molecule has 0 amide bonds. The van der Waals surface area contributed by atoms with Crippen LogP contribution in [-0.2, 0) is 18.8 Å². The molecule has 0 saturated carbocycles. The number of rotatable bonds is 5. The van der Waals surface area contributed by atoms with Gasteiger partial charge in [-0.05, 0) is 4.53 Å². The number of nitrogen functional groups attached to an aromatic ring is 1. The Morgan fingerprint density at radius 1 is 1.42 bits per heavy atom. The lowest BCUT2D eigenvalue weighted by Gasteiger charge is -2.17. The summed E-state index contributed by atoms with van der Waals surface area (Å²) >= 11 is 0. The number of aromatic nitrogens is 4. The van der Waals surface area contributed by atoms with Crippen molar-refractivity contribution >= 4 is 24.8 Å². The summed E-state index contributed by atoms with van der Waals surface area (Å²) in [5.41, 5.74) is 6.10. The number of ether oxygens (including phenoxy) is 1. The highest BCUT2D eigenvalue weighted by molar-refractivity contribution is 7.46. The van der Waals surface area contributed by atoms with Crippen LogP contribution in [0.4, 0.5) is 10.3 Å². The molecular weight excluding hydrogens is 352 g/mol. The lowest BCUT2D eigenvalue weighted by atomic mass is 10.1. The summed E-state index contributed by atoms with van der Waals surface area (Å²) in [5, 5.41) is 10.0. The first kappa shape index (κ1) is 17.1. The van der Waals surface area contributed by atoms with E-state index in [4.69, 9.17) is 20.3 Å². The number of fused-ring (bicyclic) bond motifs is 1. The SMILES string of the molecule is Nc1ncnc2c1ncn2[C@@H]1O[C@H](COP(=O)(O)O)[C@H](O)[C@H]1OF. The smallest absolute Gasteiger partial charge is 0.387 e. The molecule has 5 N–H and O–H groups in total. The third-order valence-electron chi connectivity index (χ3n) is 3.48. The molecule has 4 atom stereocenters. The summed E-state index contributed by atoms with van der Waals surface area (Å²) in [5.74, 6) is 0.0939. The molecule has 0 aliphatic carbocycles. The normalized spacial score (nSPS) is 27.8. The quantitative estimate of drug-likeness (QED) is 0.480. The minimum atomic E-state index is -4.78. The fourth-order valence-electron chi connectivity index (χ4n) is 2.40. The molecule has 24 heavy (non-hydrogen) atoms. The maximum absolute atomic E-state index is 12.9. The predicted molar refractivity (Wildman–Crippen MR) is 73.6 cm³/mol. The first-order valence-corrected chi connectivity index (χ1v) is 8.09. The largest absolute Gasteiger partial charge is 0.469 e. The Morgan fingerprint density at radius 3 is 2.83 bits per heavy atom. The van der Waals surface area contributed by atoms with Gasteiger partial charge in [-0.3, -0.25) is 9.09 Å². The second kappa shape index (κ2) is 6.29. The highest BCUT2D eigenvalue weighted by atomic mass is 31.2. The molecule has 0 unspecified atom stereocenters. The van der Waals surface area contributed by atoms with Gasteiger partial charge in [-0.15, -0.1) is 0 Å². The van der Waals surface area contributed by atoms with Gasteiger partial charge >= 0.3 is 7.82 Å². The van der Waals surface area contributed by atoms with Crippen LogP contribution in [0.15, 0.2) is 12.7 Å². The van der Waals surface area contributed by atoms with Gasteiger partial charge in [0.1, 0.15) is 24.1 Å². The molecule has 14 heteroatoms. The zero-order chi connectivity index (χ0) is 17.5. The van der Waals surface area contributed by atoms with Crippen LogP contribution in [0.3, 0.4) is 0 Å². The van der Waals surface area contributed by atoms with E-state index in [-0.39, 0.29) is 17.0 Å². The van der Waals surface area contributed by atoms with E-state index in [2.05, 4.69) is 24.4 Å². The van der Waals surface area contributed by atoms with Gasteiger partial charge in [0.2, 0.25) is 0 Å². The lowest BCUT2D eigenvalue weighted by Crippen LogP contribution is -2.34. The van der Waals surface area contributed by atoms with Gasteiger partial charge in [0.15, 0.2) is 23.8 Å². The Bertz CT molecular complexity index is 784. The second-order valence-electron chi connectivity index (χ2n) is 4.98. The highest BCUT2D eigenvalue weighted by Gasteiger charge is 2.48. The van der Waals surface area contributed by atoms with Crippen molar-refractivity contribution in [1.29, 1.82) is 0 Å². The van der Waals surface area contributed by atoms with Crippen LogP contribution in [0, 0.1) is 0 Å². The number of hydrogen-bond acceptors (Lipinski definition) is 9. The molecule has 0 aromatic carbocycles. The Kier molecular flexibility index (Phi) is 4.48. The standard InChI is InChI=1S/C10H13FN5O7P/c11-23-7-6(17)4(1-21-24(18,19)20)22-10(7)16-3-15-5-8(12)13-2-14-9(5)16/h2-4,6-7,10,17H,1H2,(H2,12,13,14)(H2,18,19,20)/t4-,6+,7-,10-/m1/s1. The van der Waals surface area contributed by atoms with E-state index in [1.807, 2.05) is 0 Å². The number of aliphatic hydroxyl groups is 1. The molecule has 132 valence electrons. The van der Waals surface area contributed by atoms with Gasteiger partial charge in [0.05, 0.1) is 12.9 Å². The molecular formula is C10H13FN5O7P. The van der Waals surface area contributed by atoms with Crippen LogP contribution < -0.4 is 5.73 Å². The van der Waals surface area contributed by atoms with Crippen LogP contribution in [0.25, 0.3) is 11.2 Å². The van der Waals surface area contributed by atoms with Crippen molar-refractivity contribution in [3.8, 4) is 0 Å². The number of nitrogens with two attached hydrogens (primary N) is 1. The average Bonchev–Trinajstić information content (AvgIpc) is 3.06. The van der Waals surface area contributed by atoms with Crippen molar-refractivity contribution in [2.75, 3.05) is 12.3 Å². The van der Waals surface area contributed by atoms with E-state index in [0.29, 0.717) is 0 Å². The van der Waals surface area contributed by atoms with Crippen LogP contribution in [0.2, 0.25) is 0 Å². The molecule has 12 nitrogen and oxygen atoms in total. The molecule has 1 aliphatic heterocycles. The highest BCUT2D eigenvalue weighted by Crippen LogP contribution is 2.39. The summed E-state index contributed by atoms with van der Waals surface area (Å²) in [6.45, 7) is -0.675. The van der Waals surface area contributed by atoms with Crippen LogP contribution in [0.5, 0.6) is 0 Å². The first-order valence-electron chi connectivity index (χ1n) is 6.56. The van der Waals surface area contributed by atoms with Gasteiger partial charge in [-0.25, -0.2) is 19.5 Å². The second-order valence-corrected chi connectivity index (χ2v) is 6.22. The molecule has 2 aromatic heterocycles. The molecule has 3 heterocycles. The third-order valence-corrected chi connectivity index (χ3v) is 3.97. The average molecular weight is 365 g/mol. The molecule has 1 saturated heterocycles. The van der Waals surface area contributed by atoms with Crippen LogP contribution in [0.1, 0.15) is 6.23 Å². The molecule has 0 radical (unpaired) electrons. The van der Waals surface area contributed by atoms with Crippen molar-refractivity contribution in [1.82, 2.24) is 19.5 Å². The maximum Gasteiger partial charge on any atom is 0.469 e. The van der Waals surface area contributed by atoms with Crippen LogP contribution >= 0.6 is 7.82 Å². The number of halogens is 1. The number of anilines is 1. The summed E-state index contributed by atoms with van der Waals surface area (Å²) in [6, 6.07) is 0. The van der Waals surface area contributed by atoms with Crippen molar-refractivity contribution < 1.29 is 38.2 Å². The number of phosphoric acid groups is 1. The maximum atomic E-state index is 12.9. The first-order chi connectivity index (χ1) is 11.3. The summed E-state index contributed by atoms with van der Waals surface area (Å²) < 4.78 is 34.6. The van der Waals surface area contributed by atoms with Crippen molar-refractivity contribution in [3.63, 3.8) is 0 Å². The lowest BCUT2D eigenvalue weighted by molar-refractivity contribution is -0.220. The molecule has 1 fully saturated rings. The number of nitrogens with zero attached hydrogens (tertiary/aromatic N) is 4. The topological polar surface area (TPSA) is 175 Å². The Labute approximate surface area is 133 Å². The van der Waals surface area contributed by atoms with Crippen LogP contribution in [-0.4, -0.2) is 59.3 Å². The van der Waals surface area contributed by atoms with E-state index in [1.165, 1.54) is 17.2 Å². The minimum Gasteiger partial charge on any atom is -0.387 e. The van der Waals surface area contributed by atoms with E-state index < -0.39 is 39.0 Å². The summed E-state index contributed by atoms with van der Waals surface area (Å²) in [7, 11) is -4.78.